The molecule has 0 amide bonds. The third-order valence-corrected chi connectivity index (χ3v) is 4.57. The SMILES string of the molecule is CCCCCCCS(=O)(=O)[O-].CCCCCCCS(=O)(=O)[O-].[Cd+2]. The van der Waals surface area contributed by atoms with E-state index in [4.69, 9.17) is 0 Å². The van der Waals surface area contributed by atoms with E-state index >= 15 is 0 Å². The second-order valence-corrected chi connectivity index (χ2v) is 8.40. The molecule has 0 aromatic heterocycles. The van der Waals surface area contributed by atoms with Gasteiger partial charge in [-0.05, 0) is 12.8 Å². The van der Waals surface area contributed by atoms with Crippen LogP contribution in [0.3, 0.4) is 0 Å². The van der Waals surface area contributed by atoms with E-state index in [9.17, 15) is 25.9 Å². The van der Waals surface area contributed by atoms with Crippen LogP contribution in [-0.2, 0) is 47.5 Å². The first kappa shape index (κ1) is 28.5. The molecule has 23 heavy (non-hydrogen) atoms. The van der Waals surface area contributed by atoms with Gasteiger partial charge >= 0.3 is 27.3 Å². The summed E-state index contributed by atoms with van der Waals surface area (Å²) >= 11 is 0. The molecule has 0 saturated carbocycles. The van der Waals surface area contributed by atoms with Gasteiger partial charge < -0.3 is 9.11 Å². The quantitative estimate of drug-likeness (QED) is 0.246. The van der Waals surface area contributed by atoms with Crippen molar-refractivity contribution >= 4 is 20.2 Å². The first-order valence-electron chi connectivity index (χ1n) is 7.99. The largest absolute Gasteiger partial charge is 2.00 e. The van der Waals surface area contributed by atoms with E-state index in [1.165, 1.54) is 0 Å². The number of unbranched alkanes of at least 4 members (excludes halogenated alkanes) is 8. The fourth-order valence-electron chi connectivity index (χ4n) is 1.76. The molecule has 0 spiro atoms. The first-order chi connectivity index (χ1) is 10.1. The summed E-state index contributed by atoms with van der Waals surface area (Å²) in [6.07, 6.45) is 9.33. The molecular weight excluding hydrogens is 441 g/mol. The minimum atomic E-state index is -3.96. The van der Waals surface area contributed by atoms with E-state index in [-0.39, 0.29) is 38.8 Å². The van der Waals surface area contributed by atoms with Crippen LogP contribution in [-0.4, -0.2) is 37.4 Å². The molecule has 0 bridgehead atoms. The van der Waals surface area contributed by atoms with E-state index in [2.05, 4.69) is 13.8 Å². The van der Waals surface area contributed by atoms with Crippen molar-refractivity contribution in [2.24, 2.45) is 0 Å². The normalized spacial score (nSPS) is 11.3. The van der Waals surface area contributed by atoms with Crippen molar-refractivity contribution in [3.63, 3.8) is 0 Å². The second kappa shape index (κ2) is 17.6. The first-order valence-corrected chi connectivity index (χ1v) is 11.1. The minimum absolute atomic E-state index is 0. The standard InChI is InChI=1S/2C7H16O3S.Cd/c2*1-2-3-4-5-6-7-11(8,9)10;/h2*2-7H2,1H3,(H,8,9,10);/q;;+2/p-2. The molecule has 0 N–H and O–H groups in total. The number of hydrogen-bond donors (Lipinski definition) is 0. The fourth-order valence-corrected chi connectivity index (χ4v) is 2.88. The minimum Gasteiger partial charge on any atom is -0.748 e. The molecule has 0 heterocycles. The molecule has 0 fully saturated rings. The molecule has 0 aromatic carbocycles. The number of hydrogen-bond acceptors (Lipinski definition) is 6. The van der Waals surface area contributed by atoms with Crippen molar-refractivity contribution in [1.82, 2.24) is 0 Å². The molecule has 0 radical (unpaired) electrons. The summed E-state index contributed by atoms with van der Waals surface area (Å²) in [6, 6.07) is 0. The van der Waals surface area contributed by atoms with E-state index in [0.717, 1.165) is 51.4 Å². The molecule has 0 atom stereocenters. The van der Waals surface area contributed by atoms with Crippen molar-refractivity contribution in [1.29, 1.82) is 0 Å². The van der Waals surface area contributed by atoms with Crippen LogP contribution in [0.25, 0.3) is 0 Å². The van der Waals surface area contributed by atoms with E-state index in [0.29, 0.717) is 12.8 Å². The van der Waals surface area contributed by atoms with Gasteiger partial charge in [0.25, 0.3) is 0 Å². The monoisotopic (exact) mass is 472 g/mol. The third-order valence-electron chi connectivity index (χ3n) is 3.00. The van der Waals surface area contributed by atoms with Gasteiger partial charge in [0.15, 0.2) is 0 Å². The Labute approximate surface area is 162 Å². The van der Waals surface area contributed by atoms with E-state index in [1.807, 2.05) is 0 Å². The summed E-state index contributed by atoms with van der Waals surface area (Å²) < 4.78 is 60.7. The molecule has 6 nitrogen and oxygen atoms in total. The van der Waals surface area contributed by atoms with Crippen LogP contribution >= 0.6 is 0 Å². The molecule has 0 aromatic rings. The van der Waals surface area contributed by atoms with Crippen LogP contribution in [0.4, 0.5) is 0 Å². The van der Waals surface area contributed by atoms with Gasteiger partial charge in [-0.2, -0.15) is 0 Å². The topological polar surface area (TPSA) is 114 Å². The predicted octanol–water partition coefficient (Wildman–Crippen LogP) is 3.00. The Balaban J connectivity index is -0.000000333. The summed E-state index contributed by atoms with van der Waals surface area (Å²) in [7, 11) is -7.92. The number of rotatable bonds is 12. The smallest absolute Gasteiger partial charge is 0.748 e. The van der Waals surface area contributed by atoms with Crippen LogP contribution in [0.1, 0.15) is 78.1 Å². The average Bonchev–Trinajstić information content (AvgIpc) is 2.36. The zero-order valence-corrected chi connectivity index (χ0v) is 20.1. The van der Waals surface area contributed by atoms with Crippen LogP contribution in [0.15, 0.2) is 0 Å². The molecule has 0 aliphatic rings. The van der Waals surface area contributed by atoms with Crippen LogP contribution in [0, 0.1) is 0 Å². The summed E-state index contributed by atoms with van der Waals surface area (Å²) in [5.41, 5.74) is 0. The van der Waals surface area contributed by atoms with Crippen molar-refractivity contribution in [2.45, 2.75) is 78.1 Å². The zero-order valence-electron chi connectivity index (χ0n) is 14.5. The molecule has 0 unspecified atom stereocenters. The van der Waals surface area contributed by atoms with Crippen LogP contribution in [0.5, 0.6) is 0 Å². The zero-order chi connectivity index (χ0) is 17.5. The molecule has 9 heteroatoms. The maximum atomic E-state index is 10.1. The van der Waals surface area contributed by atoms with Gasteiger partial charge in [-0.15, -0.1) is 0 Å². The van der Waals surface area contributed by atoms with Crippen molar-refractivity contribution in [2.75, 3.05) is 11.5 Å². The average molecular weight is 471 g/mol. The van der Waals surface area contributed by atoms with Gasteiger partial charge in [-0.3, -0.25) is 0 Å². The van der Waals surface area contributed by atoms with Crippen LogP contribution in [0.2, 0.25) is 0 Å². The Hall–Kier alpha value is 0.742. The summed E-state index contributed by atoms with van der Waals surface area (Å²) in [4.78, 5) is 0. The van der Waals surface area contributed by atoms with Gasteiger partial charge in [0.1, 0.15) is 0 Å². The summed E-state index contributed by atoms with van der Waals surface area (Å²) in [5, 5.41) is 0. The van der Waals surface area contributed by atoms with Gasteiger partial charge in [0.05, 0.1) is 20.2 Å². The molecule has 136 valence electrons. The van der Waals surface area contributed by atoms with Gasteiger partial charge in [0.2, 0.25) is 0 Å². The molecule has 0 saturated heterocycles. The Morgan fingerprint density at radius 1 is 0.565 bits per heavy atom. The Morgan fingerprint density at radius 2 is 0.826 bits per heavy atom. The Morgan fingerprint density at radius 3 is 1.04 bits per heavy atom. The second-order valence-electron chi connectivity index (χ2n) is 5.35. The fraction of sp³-hybridized carbons (Fsp3) is 1.00. The van der Waals surface area contributed by atoms with Crippen molar-refractivity contribution in [3.05, 3.63) is 0 Å². The van der Waals surface area contributed by atoms with Gasteiger partial charge in [-0.25, -0.2) is 16.8 Å². The summed E-state index contributed by atoms with van der Waals surface area (Å²) in [6.45, 7) is 4.18. The molecule has 0 aliphatic heterocycles. The van der Waals surface area contributed by atoms with Gasteiger partial charge in [0, 0.05) is 11.5 Å². The van der Waals surface area contributed by atoms with Crippen molar-refractivity contribution in [3.8, 4) is 0 Å². The van der Waals surface area contributed by atoms with Crippen LogP contribution < -0.4 is 0 Å². The van der Waals surface area contributed by atoms with E-state index in [1.54, 1.807) is 0 Å². The molecule has 0 aliphatic carbocycles. The van der Waals surface area contributed by atoms with Gasteiger partial charge in [-0.1, -0.05) is 65.2 Å². The maximum Gasteiger partial charge on any atom is 2.00 e. The molecule has 0 rings (SSSR count). The van der Waals surface area contributed by atoms with E-state index < -0.39 is 20.2 Å². The maximum absolute atomic E-state index is 10.1. The Bertz CT molecular complexity index is 392. The molecular formula is C14H30CdO6S2. The predicted molar refractivity (Wildman–Crippen MR) is 86.6 cm³/mol. The van der Waals surface area contributed by atoms with Crippen molar-refractivity contribution < 1.29 is 53.2 Å². The third kappa shape index (κ3) is 34.9. The Kier molecular flexibility index (Phi) is 21.8. The summed E-state index contributed by atoms with van der Waals surface area (Å²) in [5.74, 6) is -0.395.